The fourth-order valence-electron chi connectivity index (χ4n) is 0.808. The first kappa shape index (κ1) is 18.3. The highest BCUT2D eigenvalue weighted by Crippen LogP contribution is 2.03. The van der Waals surface area contributed by atoms with Crippen LogP contribution in [0.4, 0.5) is 0 Å². The van der Waals surface area contributed by atoms with Crippen molar-refractivity contribution in [1.82, 2.24) is 0 Å². The molecule has 21 heavy (non-hydrogen) atoms. The molecule has 116 valence electrons. The van der Waals surface area contributed by atoms with Gasteiger partial charge in [-0.25, -0.2) is 19.2 Å². The molecule has 0 aromatic carbocycles. The van der Waals surface area contributed by atoms with E-state index in [1.54, 1.807) is 0 Å². The van der Waals surface area contributed by atoms with Gasteiger partial charge in [0.1, 0.15) is 0 Å². The maximum atomic E-state index is 11.1. The lowest BCUT2D eigenvalue weighted by Gasteiger charge is -2.13. The highest BCUT2D eigenvalue weighted by Gasteiger charge is 2.16. The molecule has 0 rings (SSSR count). The van der Waals surface area contributed by atoms with Crippen LogP contribution in [0.5, 0.6) is 0 Å². The van der Waals surface area contributed by atoms with E-state index >= 15 is 0 Å². The highest BCUT2D eigenvalue weighted by atomic mass is 17.2. The smallest absolute Gasteiger partial charge is 0.366 e. The second-order valence-electron chi connectivity index (χ2n) is 3.22. The Morgan fingerprint density at radius 2 is 1.43 bits per heavy atom. The maximum Gasteiger partial charge on any atom is 0.366 e. The number of aliphatic hydroxyl groups excluding tert-OH is 1. The van der Waals surface area contributed by atoms with Crippen LogP contribution in [0.2, 0.25) is 0 Å². The monoisotopic (exact) mass is 304 g/mol. The lowest BCUT2D eigenvalue weighted by Crippen LogP contribution is -2.23. The van der Waals surface area contributed by atoms with Crippen LogP contribution in [0, 0.1) is 0 Å². The number of carboxylic acids is 2. The third-order valence-electron chi connectivity index (χ3n) is 1.57. The van der Waals surface area contributed by atoms with Crippen LogP contribution < -0.4 is 0 Å². The number of aliphatic carboxylic acids is 2. The van der Waals surface area contributed by atoms with Crippen LogP contribution in [0.3, 0.4) is 0 Å². The van der Waals surface area contributed by atoms with Crippen molar-refractivity contribution in [2.75, 3.05) is 6.61 Å². The molecule has 0 bridgehead atoms. The molecule has 10 heteroatoms. The van der Waals surface area contributed by atoms with Crippen molar-refractivity contribution in [1.29, 1.82) is 0 Å². The maximum absolute atomic E-state index is 11.1. The molecule has 10 nitrogen and oxygen atoms in total. The SMILES string of the molecule is O=C(O)/C=C\C(=O)OOC(CCO)OC(=O)/C=C\C(=O)O. The summed E-state index contributed by atoms with van der Waals surface area (Å²) in [6, 6.07) is 0. The largest absolute Gasteiger partial charge is 0.478 e. The lowest BCUT2D eigenvalue weighted by molar-refractivity contribution is -0.342. The fraction of sp³-hybridized carbons (Fsp3) is 0.273. The molecule has 0 aromatic rings. The van der Waals surface area contributed by atoms with Crippen LogP contribution in [0.25, 0.3) is 0 Å². The Labute approximate surface area is 117 Å². The third kappa shape index (κ3) is 10.9. The molecule has 0 spiro atoms. The van der Waals surface area contributed by atoms with Crippen molar-refractivity contribution in [3.05, 3.63) is 24.3 Å². The van der Waals surface area contributed by atoms with Gasteiger partial charge in [0.2, 0.25) is 6.29 Å². The molecule has 1 unspecified atom stereocenters. The van der Waals surface area contributed by atoms with E-state index < -0.39 is 36.8 Å². The third-order valence-corrected chi connectivity index (χ3v) is 1.57. The van der Waals surface area contributed by atoms with Crippen LogP contribution in [0.1, 0.15) is 6.42 Å². The Hall–Kier alpha value is -2.72. The van der Waals surface area contributed by atoms with E-state index in [4.69, 9.17) is 15.3 Å². The standard InChI is InChI=1S/C11H12O10/c12-6-5-11(19-9(17)3-1-7(13)14)21-20-10(18)4-2-8(15)16/h1-4,11-12H,5-6H2,(H,13,14)(H,15,16)/b3-1-,4-2-. The summed E-state index contributed by atoms with van der Waals surface area (Å²) in [6.45, 7) is -0.483. The number of carboxylic acid groups (broad SMARTS) is 2. The van der Waals surface area contributed by atoms with Crippen LogP contribution in [-0.4, -0.2) is 52.1 Å². The van der Waals surface area contributed by atoms with E-state index in [1.165, 1.54) is 0 Å². The minimum Gasteiger partial charge on any atom is -0.478 e. The molecule has 0 aliphatic heterocycles. The van der Waals surface area contributed by atoms with Gasteiger partial charge in [-0.1, -0.05) is 0 Å². The number of hydrogen-bond donors (Lipinski definition) is 3. The molecular formula is C11H12O10. The molecule has 0 fully saturated rings. The van der Waals surface area contributed by atoms with Crippen molar-refractivity contribution >= 4 is 23.9 Å². The normalized spacial score (nSPS) is 12.2. The molecule has 0 heterocycles. The first-order valence-electron chi connectivity index (χ1n) is 5.36. The number of carbonyl (C=O) groups excluding carboxylic acids is 2. The van der Waals surface area contributed by atoms with Crippen molar-refractivity contribution in [2.24, 2.45) is 0 Å². The van der Waals surface area contributed by atoms with Gasteiger partial charge >= 0.3 is 23.9 Å². The minimum absolute atomic E-state index is 0.261. The topological polar surface area (TPSA) is 157 Å². The first-order chi connectivity index (χ1) is 9.85. The molecule has 1 atom stereocenters. The van der Waals surface area contributed by atoms with E-state index in [9.17, 15) is 19.2 Å². The Morgan fingerprint density at radius 1 is 0.905 bits per heavy atom. The van der Waals surface area contributed by atoms with Gasteiger partial charge in [0.05, 0.1) is 0 Å². The average Bonchev–Trinajstić information content (AvgIpc) is 2.40. The molecule has 0 radical (unpaired) electrons. The van der Waals surface area contributed by atoms with Crippen molar-refractivity contribution < 1.29 is 49.0 Å². The Morgan fingerprint density at radius 3 is 1.90 bits per heavy atom. The van der Waals surface area contributed by atoms with E-state index in [0.29, 0.717) is 24.3 Å². The Bertz CT molecular complexity index is 450. The van der Waals surface area contributed by atoms with Gasteiger partial charge in [-0.15, -0.1) is 4.89 Å². The highest BCUT2D eigenvalue weighted by molar-refractivity contribution is 5.91. The predicted octanol–water partition coefficient (Wildman–Crippen LogP) is -1.01. The van der Waals surface area contributed by atoms with E-state index in [1.807, 2.05) is 0 Å². The van der Waals surface area contributed by atoms with Gasteiger partial charge in [-0.05, 0) is 0 Å². The zero-order chi connectivity index (χ0) is 16.3. The predicted molar refractivity (Wildman–Crippen MR) is 62.3 cm³/mol. The summed E-state index contributed by atoms with van der Waals surface area (Å²) in [5.74, 6) is -5.05. The molecule has 0 aliphatic rings. The number of aliphatic hydroxyl groups is 1. The van der Waals surface area contributed by atoms with Gasteiger partial charge in [0, 0.05) is 37.3 Å². The number of carbonyl (C=O) groups is 4. The molecular weight excluding hydrogens is 292 g/mol. The zero-order valence-electron chi connectivity index (χ0n) is 10.5. The summed E-state index contributed by atoms with van der Waals surface area (Å²) >= 11 is 0. The molecule has 0 aliphatic carbocycles. The van der Waals surface area contributed by atoms with Gasteiger partial charge in [0.15, 0.2) is 0 Å². The molecule has 0 saturated heterocycles. The lowest BCUT2D eigenvalue weighted by atomic mass is 10.4. The second-order valence-corrected chi connectivity index (χ2v) is 3.22. The van der Waals surface area contributed by atoms with Crippen LogP contribution >= 0.6 is 0 Å². The number of hydrogen-bond acceptors (Lipinski definition) is 8. The summed E-state index contributed by atoms with van der Waals surface area (Å²) in [4.78, 5) is 50.9. The number of ether oxygens (including phenoxy) is 1. The van der Waals surface area contributed by atoms with Gasteiger partial charge in [0.25, 0.3) is 0 Å². The second kappa shape index (κ2) is 10.1. The fourth-order valence-corrected chi connectivity index (χ4v) is 0.808. The average molecular weight is 304 g/mol. The van der Waals surface area contributed by atoms with E-state index in [-0.39, 0.29) is 6.42 Å². The molecule has 3 N–H and O–H groups in total. The Balaban J connectivity index is 4.36. The van der Waals surface area contributed by atoms with E-state index in [2.05, 4.69) is 14.5 Å². The Kier molecular flexibility index (Phi) is 8.80. The van der Waals surface area contributed by atoms with Gasteiger partial charge in [-0.3, -0.25) is 4.89 Å². The van der Waals surface area contributed by atoms with Crippen molar-refractivity contribution in [2.45, 2.75) is 12.7 Å². The summed E-state index contributed by atoms with van der Waals surface area (Å²) in [7, 11) is 0. The summed E-state index contributed by atoms with van der Waals surface area (Å²) in [5.41, 5.74) is 0. The zero-order valence-corrected chi connectivity index (χ0v) is 10.5. The quantitative estimate of drug-likeness (QED) is 0.158. The van der Waals surface area contributed by atoms with Crippen molar-refractivity contribution in [3.63, 3.8) is 0 Å². The van der Waals surface area contributed by atoms with E-state index in [0.717, 1.165) is 0 Å². The molecule has 0 saturated carbocycles. The first-order valence-corrected chi connectivity index (χ1v) is 5.36. The number of esters is 1. The summed E-state index contributed by atoms with van der Waals surface area (Å²) in [5, 5.41) is 25.2. The van der Waals surface area contributed by atoms with Crippen molar-refractivity contribution in [3.8, 4) is 0 Å². The number of rotatable bonds is 9. The van der Waals surface area contributed by atoms with Gasteiger partial charge in [-0.2, -0.15) is 0 Å². The van der Waals surface area contributed by atoms with Crippen LogP contribution in [0.15, 0.2) is 24.3 Å². The van der Waals surface area contributed by atoms with Crippen LogP contribution in [-0.2, 0) is 33.7 Å². The minimum atomic E-state index is -1.48. The van der Waals surface area contributed by atoms with Gasteiger partial charge < -0.3 is 20.1 Å². The molecule has 0 amide bonds. The summed E-state index contributed by atoms with van der Waals surface area (Å²) in [6.07, 6.45) is 0.395. The summed E-state index contributed by atoms with van der Waals surface area (Å²) < 4.78 is 4.53. The molecule has 0 aromatic heterocycles.